The molecule has 0 unspecified atom stereocenters. The molecule has 1 amide bonds. The number of carbonyl (C=O) groups is 1. The molecule has 27 heavy (non-hydrogen) atoms. The number of amides is 1. The standard InChI is InChI=1S/C20H23F3N2O2/c1-13-5-8-18(14(2)11-13)27-10-9-19(26)24-17-7-6-15(25(3)4)12-16(17)20(21,22)23/h5-8,11-12H,9-10H2,1-4H3,(H,24,26). The van der Waals surface area contributed by atoms with Gasteiger partial charge in [0.2, 0.25) is 5.91 Å². The molecule has 146 valence electrons. The van der Waals surface area contributed by atoms with E-state index in [-0.39, 0.29) is 18.7 Å². The van der Waals surface area contributed by atoms with Gasteiger partial charge in [0.25, 0.3) is 0 Å². The second-order valence-electron chi connectivity index (χ2n) is 6.54. The highest BCUT2D eigenvalue weighted by Gasteiger charge is 2.34. The number of hydrogen-bond acceptors (Lipinski definition) is 3. The lowest BCUT2D eigenvalue weighted by atomic mass is 10.1. The summed E-state index contributed by atoms with van der Waals surface area (Å²) in [5, 5.41) is 2.34. The van der Waals surface area contributed by atoms with Crippen LogP contribution in [0.15, 0.2) is 36.4 Å². The zero-order valence-electron chi connectivity index (χ0n) is 15.8. The van der Waals surface area contributed by atoms with Gasteiger partial charge in [-0.2, -0.15) is 13.2 Å². The number of rotatable bonds is 6. The molecule has 2 aromatic rings. The fraction of sp³-hybridized carbons (Fsp3) is 0.350. The Balaban J connectivity index is 2.02. The zero-order chi connectivity index (χ0) is 20.2. The third-order valence-corrected chi connectivity index (χ3v) is 4.02. The van der Waals surface area contributed by atoms with E-state index >= 15 is 0 Å². The normalized spacial score (nSPS) is 11.2. The van der Waals surface area contributed by atoms with Crippen LogP contribution in [0.25, 0.3) is 0 Å². The summed E-state index contributed by atoms with van der Waals surface area (Å²) in [6.07, 6.45) is -4.62. The molecule has 7 heteroatoms. The maximum atomic E-state index is 13.3. The third kappa shape index (κ3) is 5.64. The highest BCUT2D eigenvalue weighted by Crippen LogP contribution is 2.37. The van der Waals surface area contributed by atoms with E-state index in [1.54, 1.807) is 19.0 Å². The maximum Gasteiger partial charge on any atom is 0.418 e. The predicted molar refractivity (Wildman–Crippen MR) is 100 cm³/mol. The molecule has 0 spiro atoms. The number of anilines is 2. The summed E-state index contributed by atoms with van der Waals surface area (Å²) in [4.78, 5) is 13.6. The molecule has 4 nitrogen and oxygen atoms in total. The summed E-state index contributed by atoms with van der Waals surface area (Å²) in [5.74, 6) is 0.114. The molecule has 0 atom stereocenters. The average molecular weight is 380 g/mol. The number of aryl methyl sites for hydroxylation is 2. The van der Waals surface area contributed by atoms with E-state index in [2.05, 4.69) is 5.32 Å². The summed E-state index contributed by atoms with van der Waals surface area (Å²) < 4.78 is 45.5. The van der Waals surface area contributed by atoms with E-state index in [0.29, 0.717) is 11.4 Å². The first-order valence-electron chi connectivity index (χ1n) is 8.46. The van der Waals surface area contributed by atoms with Gasteiger partial charge >= 0.3 is 6.18 Å². The highest BCUT2D eigenvalue weighted by molar-refractivity contribution is 5.92. The van der Waals surface area contributed by atoms with E-state index in [4.69, 9.17) is 4.74 Å². The van der Waals surface area contributed by atoms with Crippen molar-refractivity contribution in [2.75, 3.05) is 30.9 Å². The van der Waals surface area contributed by atoms with Crippen LogP contribution < -0.4 is 15.0 Å². The second kappa shape index (κ2) is 8.33. The zero-order valence-corrected chi connectivity index (χ0v) is 15.8. The van der Waals surface area contributed by atoms with Gasteiger partial charge < -0.3 is 15.0 Å². The van der Waals surface area contributed by atoms with Crippen molar-refractivity contribution in [1.29, 1.82) is 0 Å². The van der Waals surface area contributed by atoms with Gasteiger partial charge in [-0.05, 0) is 43.7 Å². The van der Waals surface area contributed by atoms with Crippen LogP contribution >= 0.6 is 0 Å². The Labute approximate surface area is 156 Å². The Hall–Kier alpha value is -2.70. The minimum atomic E-state index is -4.57. The summed E-state index contributed by atoms with van der Waals surface area (Å²) in [6.45, 7) is 3.93. The topological polar surface area (TPSA) is 41.6 Å². The first-order valence-corrected chi connectivity index (χ1v) is 8.46. The molecule has 0 fully saturated rings. The predicted octanol–water partition coefficient (Wildman–Crippen LogP) is 4.80. The van der Waals surface area contributed by atoms with Crippen molar-refractivity contribution in [2.24, 2.45) is 0 Å². The molecule has 0 bridgehead atoms. The van der Waals surface area contributed by atoms with Gasteiger partial charge in [-0.3, -0.25) is 4.79 Å². The fourth-order valence-electron chi connectivity index (χ4n) is 2.58. The van der Waals surface area contributed by atoms with Crippen molar-refractivity contribution in [2.45, 2.75) is 26.4 Å². The van der Waals surface area contributed by atoms with E-state index in [1.807, 2.05) is 32.0 Å². The lowest BCUT2D eigenvalue weighted by Crippen LogP contribution is -2.19. The average Bonchev–Trinajstić information content (AvgIpc) is 2.56. The van der Waals surface area contributed by atoms with Gasteiger partial charge in [-0.15, -0.1) is 0 Å². The number of nitrogens with one attached hydrogen (secondary N) is 1. The number of ether oxygens (including phenoxy) is 1. The summed E-state index contributed by atoms with van der Waals surface area (Å²) in [7, 11) is 3.30. The number of hydrogen-bond donors (Lipinski definition) is 1. The molecular formula is C20H23F3N2O2. The monoisotopic (exact) mass is 380 g/mol. The van der Waals surface area contributed by atoms with Gasteiger partial charge in [0.15, 0.2) is 0 Å². The van der Waals surface area contributed by atoms with Gasteiger partial charge in [-0.25, -0.2) is 0 Å². The largest absolute Gasteiger partial charge is 0.493 e. The maximum absolute atomic E-state index is 13.3. The molecule has 0 radical (unpaired) electrons. The highest BCUT2D eigenvalue weighted by atomic mass is 19.4. The third-order valence-electron chi connectivity index (χ3n) is 4.02. The van der Waals surface area contributed by atoms with Crippen LogP contribution in [0.5, 0.6) is 5.75 Å². The summed E-state index contributed by atoms with van der Waals surface area (Å²) in [5.41, 5.74) is 1.30. The van der Waals surface area contributed by atoms with E-state index in [9.17, 15) is 18.0 Å². The molecule has 0 heterocycles. The molecule has 0 aliphatic heterocycles. The first-order chi connectivity index (χ1) is 12.6. The smallest absolute Gasteiger partial charge is 0.418 e. The Bertz CT molecular complexity index is 817. The van der Waals surface area contributed by atoms with Gasteiger partial charge in [-0.1, -0.05) is 17.7 Å². The van der Waals surface area contributed by atoms with Crippen LogP contribution in [-0.2, 0) is 11.0 Å². The molecule has 0 aliphatic carbocycles. The Morgan fingerprint density at radius 3 is 2.41 bits per heavy atom. The van der Waals surface area contributed by atoms with Crippen molar-refractivity contribution in [3.63, 3.8) is 0 Å². The lowest BCUT2D eigenvalue weighted by molar-refractivity contribution is -0.136. The van der Waals surface area contributed by atoms with Crippen molar-refractivity contribution in [3.05, 3.63) is 53.1 Å². The Morgan fingerprint density at radius 2 is 1.81 bits per heavy atom. The minimum Gasteiger partial charge on any atom is -0.493 e. The lowest BCUT2D eigenvalue weighted by Gasteiger charge is -2.18. The molecular weight excluding hydrogens is 357 g/mol. The van der Waals surface area contributed by atoms with Crippen molar-refractivity contribution >= 4 is 17.3 Å². The van der Waals surface area contributed by atoms with E-state index in [1.165, 1.54) is 12.1 Å². The first kappa shape index (κ1) is 20.6. The Morgan fingerprint density at radius 1 is 1.11 bits per heavy atom. The molecule has 0 aromatic heterocycles. The van der Waals surface area contributed by atoms with Crippen LogP contribution in [0.3, 0.4) is 0 Å². The number of benzene rings is 2. The SMILES string of the molecule is Cc1ccc(OCCC(=O)Nc2ccc(N(C)C)cc2C(F)(F)F)c(C)c1. The van der Waals surface area contributed by atoms with Crippen LogP contribution in [-0.4, -0.2) is 26.6 Å². The fourth-order valence-corrected chi connectivity index (χ4v) is 2.58. The number of halogens is 3. The molecule has 2 aromatic carbocycles. The second-order valence-corrected chi connectivity index (χ2v) is 6.54. The molecule has 0 saturated carbocycles. The van der Waals surface area contributed by atoms with Crippen LogP contribution in [0.1, 0.15) is 23.1 Å². The van der Waals surface area contributed by atoms with Crippen LogP contribution in [0.2, 0.25) is 0 Å². The van der Waals surface area contributed by atoms with Gasteiger partial charge in [0, 0.05) is 19.8 Å². The summed E-state index contributed by atoms with van der Waals surface area (Å²) in [6, 6.07) is 9.46. The molecule has 1 N–H and O–H groups in total. The van der Waals surface area contributed by atoms with E-state index < -0.39 is 17.6 Å². The van der Waals surface area contributed by atoms with Crippen molar-refractivity contribution < 1.29 is 22.7 Å². The molecule has 0 aliphatic rings. The van der Waals surface area contributed by atoms with Crippen LogP contribution in [0, 0.1) is 13.8 Å². The van der Waals surface area contributed by atoms with Gasteiger partial charge in [0.1, 0.15) is 5.75 Å². The number of alkyl halides is 3. The molecule has 0 saturated heterocycles. The quantitative estimate of drug-likeness (QED) is 0.783. The number of nitrogens with zero attached hydrogens (tertiary/aromatic N) is 1. The van der Waals surface area contributed by atoms with Gasteiger partial charge in [0.05, 0.1) is 24.3 Å². The van der Waals surface area contributed by atoms with Crippen molar-refractivity contribution in [1.82, 2.24) is 0 Å². The summed E-state index contributed by atoms with van der Waals surface area (Å²) >= 11 is 0. The molecule has 2 rings (SSSR count). The minimum absolute atomic E-state index is 0.0555. The van der Waals surface area contributed by atoms with Crippen LogP contribution in [0.4, 0.5) is 24.5 Å². The van der Waals surface area contributed by atoms with E-state index in [0.717, 1.165) is 17.2 Å². The Kier molecular flexibility index (Phi) is 6.36. The van der Waals surface area contributed by atoms with Crippen molar-refractivity contribution in [3.8, 4) is 5.75 Å². The number of carbonyl (C=O) groups excluding carboxylic acids is 1.